The number of nitrogens with zero attached hydrogens (tertiary/aromatic N) is 6. The summed E-state index contributed by atoms with van der Waals surface area (Å²) in [6, 6.07) is 3.41. The van der Waals surface area contributed by atoms with Gasteiger partial charge in [-0.25, -0.2) is 32.1 Å². The summed E-state index contributed by atoms with van der Waals surface area (Å²) in [4.78, 5) is 21.4. The normalized spacial score (nSPS) is 20.9. The highest BCUT2D eigenvalue weighted by atomic mass is 32.2. The number of halogens is 1. The maximum Gasteiger partial charge on any atom is 0.239 e. The van der Waals surface area contributed by atoms with Crippen LogP contribution in [0.2, 0.25) is 0 Å². The van der Waals surface area contributed by atoms with E-state index in [0.29, 0.717) is 22.4 Å². The number of pyridine rings is 2. The molecule has 0 spiro atoms. The molecule has 1 aliphatic heterocycles. The number of rotatable bonds is 3. The average Bonchev–Trinajstić information content (AvgIpc) is 2.67. The minimum absolute atomic E-state index is 0.106. The van der Waals surface area contributed by atoms with E-state index in [4.69, 9.17) is 5.73 Å². The Morgan fingerprint density at radius 3 is 2.70 bits per heavy atom. The molecule has 3 aromatic rings. The molecule has 0 aliphatic carbocycles. The largest absolute Gasteiger partial charge is 0.369 e. The van der Waals surface area contributed by atoms with Gasteiger partial charge >= 0.3 is 0 Å². The van der Waals surface area contributed by atoms with Crippen LogP contribution in [0.1, 0.15) is 29.4 Å². The van der Waals surface area contributed by atoms with Crippen LogP contribution in [0.15, 0.2) is 35.8 Å². The van der Waals surface area contributed by atoms with Crippen molar-refractivity contribution in [1.29, 1.82) is 0 Å². The lowest BCUT2D eigenvalue weighted by Gasteiger charge is -2.34. The Morgan fingerprint density at radius 1 is 1.20 bits per heavy atom. The van der Waals surface area contributed by atoms with Crippen molar-refractivity contribution in [1.82, 2.24) is 24.2 Å². The van der Waals surface area contributed by atoms with Crippen molar-refractivity contribution in [3.8, 4) is 0 Å². The molecule has 0 radical (unpaired) electrons. The van der Waals surface area contributed by atoms with E-state index in [-0.39, 0.29) is 17.9 Å². The number of aryl methyl sites for hydroxylation is 1. The zero-order valence-corrected chi connectivity index (χ0v) is 17.5. The van der Waals surface area contributed by atoms with Crippen LogP contribution >= 0.6 is 0 Å². The minimum Gasteiger partial charge on any atom is -0.369 e. The van der Waals surface area contributed by atoms with Crippen LogP contribution in [0, 0.1) is 12.7 Å². The van der Waals surface area contributed by atoms with Crippen LogP contribution in [0.25, 0.3) is 11.0 Å². The van der Waals surface area contributed by atoms with Crippen molar-refractivity contribution < 1.29 is 12.8 Å². The Kier molecular flexibility index (Phi) is 4.64. The Labute approximate surface area is 173 Å². The Hall–Kier alpha value is -3.21. The second-order valence-electron chi connectivity index (χ2n) is 7.50. The molecule has 30 heavy (non-hydrogen) atoms. The molecule has 2 N–H and O–H groups in total. The predicted octanol–water partition coefficient (Wildman–Crippen LogP) is 1.26. The lowest BCUT2D eigenvalue weighted by Crippen LogP contribution is -2.50. The van der Waals surface area contributed by atoms with E-state index >= 15 is 0 Å². The van der Waals surface area contributed by atoms with Gasteiger partial charge < -0.3 is 5.73 Å². The van der Waals surface area contributed by atoms with Crippen molar-refractivity contribution in [2.75, 3.05) is 12.8 Å². The molecule has 0 saturated carbocycles. The zero-order chi connectivity index (χ0) is 21.7. The molecular formula is C19H20FN7O2S. The maximum atomic E-state index is 14.7. The van der Waals surface area contributed by atoms with Gasteiger partial charge in [-0.2, -0.15) is 0 Å². The number of aliphatic imine (C=N–C) groups is 1. The number of fused-ring (bicyclic) bond motifs is 1. The molecule has 9 nitrogen and oxygen atoms in total. The van der Waals surface area contributed by atoms with Gasteiger partial charge in [0.2, 0.25) is 16.0 Å². The van der Waals surface area contributed by atoms with Gasteiger partial charge in [-0.1, -0.05) is 0 Å². The van der Waals surface area contributed by atoms with E-state index in [0.717, 1.165) is 16.1 Å². The summed E-state index contributed by atoms with van der Waals surface area (Å²) in [6.45, 7) is 3.46. The van der Waals surface area contributed by atoms with Gasteiger partial charge in [0.15, 0.2) is 0 Å². The molecule has 1 aliphatic rings. The maximum absolute atomic E-state index is 14.7. The quantitative estimate of drug-likeness (QED) is 0.664. The van der Waals surface area contributed by atoms with Crippen molar-refractivity contribution in [2.45, 2.75) is 25.8 Å². The SMILES string of the molecule is Cc1cnc2c(Cc3cc([C@]4(C)CS(=O)(=O)N(C)C(N)=N4)c(F)cn3)ncnc2c1. The fraction of sp³-hybridized carbons (Fsp3) is 0.316. The second kappa shape index (κ2) is 6.94. The standard InChI is InChI=1S/C19H20FN7O2S/c1-11-4-15-17(23-7-11)16(25-10-24-15)6-12-5-13(14(20)8-22-12)19(2)9-30(28,29)27(3)18(21)26-19/h4-5,7-8,10H,6,9H2,1-3H3,(H2,21,26)/t19-/m0/s1. The van der Waals surface area contributed by atoms with E-state index < -0.39 is 27.1 Å². The van der Waals surface area contributed by atoms with Crippen LogP contribution in [0.4, 0.5) is 4.39 Å². The number of sulfonamides is 1. The number of aromatic nitrogens is 4. The smallest absolute Gasteiger partial charge is 0.239 e. The highest BCUT2D eigenvalue weighted by Gasteiger charge is 2.41. The van der Waals surface area contributed by atoms with Crippen molar-refractivity contribution in [3.63, 3.8) is 0 Å². The van der Waals surface area contributed by atoms with Gasteiger partial charge in [0.1, 0.15) is 23.2 Å². The van der Waals surface area contributed by atoms with E-state index in [2.05, 4.69) is 24.9 Å². The van der Waals surface area contributed by atoms with Crippen LogP contribution in [0.5, 0.6) is 0 Å². The second-order valence-corrected chi connectivity index (χ2v) is 9.50. The highest BCUT2D eigenvalue weighted by molar-refractivity contribution is 7.89. The fourth-order valence-electron chi connectivity index (χ4n) is 3.48. The summed E-state index contributed by atoms with van der Waals surface area (Å²) < 4.78 is 40.5. The molecule has 4 heterocycles. The molecule has 4 rings (SSSR count). The topological polar surface area (TPSA) is 127 Å². The predicted molar refractivity (Wildman–Crippen MR) is 110 cm³/mol. The molecule has 3 aromatic heterocycles. The summed E-state index contributed by atoms with van der Waals surface area (Å²) >= 11 is 0. The van der Waals surface area contributed by atoms with Crippen LogP contribution in [0.3, 0.4) is 0 Å². The molecular weight excluding hydrogens is 409 g/mol. The van der Waals surface area contributed by atoms with Crippen molar-refractivity contribution in [3.05, 3.63) is 59.2 Å². The van der Waals surface area contributed by atoms with E-state index in [1.807, 2.05) is 13.0 Å². The molecule has 0 saturated heterocycles. The van der Waals surface area contributed by atoms with Gasteiger partial charge in [-0.05, 0) is 31.5 Å². The van der Waals surface area contributed by atoms with E-state index in [1.54, 1.807) is 6.20 Å². The summed E-state index contributed by atoms with van der Waals surface area (Å²) in [6.07, 6.45) is 4.50. The summed E-state index contributed by atoms with van der Waals surface area (Å²) in [5.41, 5.74) is 7.96. The minimum atomic E-state index is -3.73. The number of guanidine groups is 1. The van der Waals surface area contributed by atoms with Crippen LogP contribution < -0.4 is 5.73 Å². The highest BCUT2D eigenvalue weighted by Crippen LogP contribution is 2.33. The number of nitrogens with two attached hydrogens (primary N) is 1. The Balaban J connectivity index is 1.77. The molecule has 156 valence electrons. The first-order valence-electron chi connectivity index (χ1n) is 9.12. The number of hydrogen-bond donors (Lipinski definition) is 1. The molecule has 0 bridgehead atoms. The van der Waals surface area contributed by atoms with Crippen molar-refractivity contribution in [2.24, 2.45) is 10.7 Å². The molecule has 0 unspecified atom stereocenters. The first-order valence-corrected chi connectivity index (χ1v) is 10.7. The van der Waals surface area contributed by atoms with Gasteiger partial charge in [0, 0.05) is 30.9 Å². The molecule has 11 heteroatoms. The molecule has 1 atom stereocenters. The lowest BCUT2D eigenvalue weighted by atomic mass is 9.93. The van der Waals surface area contributed by atoms with Gasteiger partial charge in [0.25, 0.3) is 0 Å². The van der Waals surface area contributed by atoms with E-state index in [1.165, 1.54) is 26.4 Å². The van der Waals surface area contributed by atoms with Crippen molar-refractivity contribution >= 4 is 27.0 Å². The third-order valence-electron chi connectivity index (χ3n) is 5.09. The van der Waals surface area contributed by atoms with Gasteiger partial charge in [0.05, 0.1) is 23.2 Å². The van der Waals surface area contributed by atoms with Crippen LogP contribution in [-0.2, 0) is 22.0 Å². The summed E-state index contributed by atoms with van der Waals surface area (Å²) in [5.74, 6) is -1.25. The zero-order valence-electron chi connectivity index (χ0n) is 16.7. The third-order valence-corrected chi connectivity index (χ3v) is 7.04. The lowest BCUT2D eigenvalue weighted by molar-refractivity contribution is 0.456. The molecule has 0 aromatic carbocycles. The van der Waals surface area contributed by atoms with Crippen LogP contribution in [-0.4, -0.2) is 51.4 Å². The fourth-order valence-corrected chi connectivity index (χ4v) is 4.93. The Bertz CT molecular complexity index is 1300. The Morgan fingerprint density at radius 2 is 1.97 bits per heavy atom. The average molecular weight is 429 g/mol. The molecule has 0 amide bonds. The van der Waals surface area contributed by atoms with Gasteiger partial charge in [-0.15, -0.1) is 0 Å². The summed E-state index contributed by atoms with van der Waals surface area (Å²) in [5, 5.41) is 0. The first-order chi connectivity index (χ1) is 14.1. The van der Waals surface area contributed by atoms with Gasteiger partial charge in [-0.3, -0.25) is 9.97 Å². The third kappa shape index (κ3) is 3.45. The first kappa shape index (κ1) is 20.1. The summed E-state index contributed by atoms with van der Waals surface area (Å²) in [7, 11) is -2.41. The van der Waals surface area contributed by atoms with E-state index in [9.17, 15) is 12.8 Å². The number of hydrogen-bond acceptors (Lipinski definition) is 8. The monoisotopic (exact) mass is 429 g/mol. The molecule has 0 fully saturated rings.